The summed E-state index contributed by atoms with van der Waals surface area (Å²) in [6, 6.07) is 15.3. The molecule has 102 valence electrons. The third kappa shape index (κ3) is 3.07. The molecular weight excluding hydrogens is 280 g/mol. The standard InChI is InChI=1S/C16H12N4S/c1-11-10-21-16(18-11)12-5-7-13(8-6-12)19-15-4-2-3-14(9-17)20-15/h2-8,10H,1H3,(H,19,20). The first-order chi connectivity index (χ1) is 10.2. The molecule has 0 bridgehead atoms. The Hall–Kier alpha value is -2.71. The van der Waals surface area contributed by atoms with E-state index in [2.05, 4.69) is 15.3 Å². The van der Waals surface area contributed by atoms with Crippen LogP contribution in [0.15, 0.2) is 47.8 Å². The van der Waals surface area contributed by atoms with E-state index in [-0.39, 0.29) is 0 Å². The largest absolute Gasteiger partial charge is 0.340 e. The number of pyridine rings is 1. The number of anilines is 2. The summed E-state index contributed by atoms with van der Waals surface area (Å²) in [5.74, 6) is 0.659. The molecule has 0 fully saturated rings. The number of nitriles is 1. The van der Waals surface area contributed by atoms with Gasteiger partial charge in [-0.3, -0.25) is 0 Å². The Kier molecular flexibility index (Phi) is 3.63. The van der Waals surface area contributed by atoms with E-state index in [9.17, 15) is 0 Å². The maximum atomic E-state index is 8.85. The van der Waals surface area contributed by atoms with Crippen molar-refractivity contribution in [3.8, 4) is 16.6 Å². The molecule has 3 aromatic rings. The molecule has 0 amide bonds. The van der Waals surface area contributed by atoms with Gasteiger partial charge < -0.3 is 5.32 Å². The summed E-state index contributed by atoms with van der Waals surface area (Å²) in [4.78, 5) is 8.65. The van der Waals surface area contributed by atoms with E-state index in [0.717, 1.165) is 22.0 Å². The number of benzene rings is 1. The van der Waals surface area contributed by atoms with Gasteiger partial charge in [-0.1, -0.05) is 6.07 Å². The lowest BCUT2D eigenvalue weighted by Crippen LogP contribution is -1.94. The van der Waals surface area contributed by atoms with Crippen molar-refractivity contribution in [3.63, 3.8) is 0 Å². The van der Waals surface area contributed by atoms with Crippen LogP contribution >= 0.6 is 11.3 Å². The predicted octanol–water partition coefficient (Wildman–Crippen LogP) is 4.13. The fraction of sp³-hybridized carbons (Fsp3) is 0.0625. The van der Waals surface area contributed by atoms with Crippen LogP contribution in [-0.4, -0.2) is 9.97 Å². The van der Waals surface area contributed by atoms with Crippen LogP contribution in [0.5, 0.6) is 0 Å². The molecule has 4 nitrogen and oxygen atoms in total. The average molecular weight is 292 g/mol. The van der Waals surface area contributed by atoms with Gasteiger partial charge in [0.1, 0.15) is 22.6 Å². The van der Waals surface area contributed by atoms with Gasteiger partial charge in [-0.15, -0.1) is 11.3 Å². The van der Waals surface area contributed by atoms with E-state index in [0.29, 0.717) is 11.5 Å². The van der Waals surface area contributed by atoms with Crippen LogP contribution in [0.25, 0.3) is 10.6 Å². The highest BCUT2D eigenvalue weighted by Crippen LogP contribution is 2.25. The topological polar surface area (TPSA) is 61.6 Å². The van der Waals surface area contributed by atoms with E-state index in [1.807, 2.05) is 48.7 Å². The molecule has 0 aliphatic carbocycles. The minimum absolute atomic E-state index is 0.398. The maximum Gasteiger partial charge on any atom is 0.142 e. The SMILES string of the molecule is Cc1csc(-c2ccc(Nc3cccc(C#N)n3)cc2)n1. The molecule has 0 unspecified atom stereocenters. The van der Waals surface area contributed by atoms with Crippen molar-refractivity contribution < 1.29 is 0 Å². The summed E-state index contributed by atoms with van der Waals surface area (Å²) in [6.45, 7) is 1.99. The van der Waals surface area contributed by atoms with E-state index >= 15 is 0 Å². The highest BCUT2D eigenvalue weighted by Gasteiger charge is 2.03. The average Bonchev–Trinajstić information content (AvgIpc) is 2.95. The highest BCUT2D eigenvalue weighted by molar-refractivity contribution is 7.13. The molecule has 1 aromatic carbocycles. The Morgan fingerprint density at radius 2 is 1.90 bits per heavy atom. The van der Waals surface area contributed by atoms with Gasteiger partial charge in [-0.05, 0) is 43.3 Å². The van der Waals surface area contributed by atoms with Crippen LogP contribution in [0.2, 0.25) is 0 Å². The van der Waals surface area contributed by atoms with Crippen LogP contribution in [0, 0.1) is 18.3 Å². The lowest BCUT2D eigenvalue weighted by atomic mass is 10.2. The zero-order chi connectivity index (χ0) is 14.7. The molecule has 2 heterocycles. The molecule has 0 radical (unpaired) electrons. The summed E-state index contributed by atoms with van der Waals surface area (Å²) in [6.07, 6.45) is 0. The van der Waals surface area contributed by atoms with Crippen LogP contribution < -0.4 is 5.32 Å². The first-order valence-electron chi connectivity index (χ1n) is 6.41. The molecule has 2 aromatic heterocycles. The van der Waals surface area contributed by atoms with Gasteiger partial charge in [-0.2, -0.15) is 5.26 Å². The minimum Gasteiger partial charge on any atom is -0.340 e. The second-order valence-corrected chi connectivity index (χ2v) is 5.37. The van der Waals surface area contributed by atoms with Gasteiger partial charge in [0.25, 0.3) is 0 Å². The smallest absolute Gasteiger partial charge is 0.142 e. The number of hydrogen-bond donors (Lipinski definition) is 1. The van der Waals surface area contributed by atoms with Crippen LogP contribution in [0.3, 0.4) is 0 Å². The molecular formula is C16H12N4S. The van der Waals surface area contributed by atoms with Crippen molar-refractivity contribution in [3.05, 3.63) is 59.2 Å². The van der Waals surface area contributed by atoms with Gasteiger partial charge in [0.15, 0.2) is 0 Å². The number of thiazole rings is 1. The Balaban J connectivity index is 1.79. The molecule has 0 saturated heterocycles. The number of nitrogens with one attached hydrogen (secondary N) is 1. The van der Waals surface area contributed by atoms with Crippen molar-refractivity contribution in [2.75, 3.05) is 5.32 Å². The zero-order valence-electron chi connectivity index (χ0n) is 11.4. The van der Waals surface area contributed by atoms with Gasteiger partial charge in [0.2, 0.25) is 0 Å². The fourth-order valence-electron chi connectivity index (χ4n) is 1.90. The van der Waals surface area contributed by atoms with Crippen molar-refractivity contribution >= 4 is 22.8 Å². The van der Waals surface area contributed by atoms with Crippen molar-refractivity contribution in [1.82, 2.24) is 9.97 Å². The highest BCUT2D eigenvalue weighted by atomic mass is 32.1. The molecule has 0 aliphatic rings. The maximum absolute atomic E-state index is 8.85. The molecule has 1 N–H and O–H groups in total. The first kappa shape index (κ1) is 13.3. The van der Waals surface area contributed by atoms with E-state index in [1.54, 1.807) is 23.5 Å². The summed E-state index contributed by atoms with van der Waals surface area (Å²) in [5.41, 5.74) is 3.46. The van der Waals surface area contributed by atoms with Crippen molar-refractivity contribution in [2.24, 2.45) is 0 Å². The lowest BCUT2D eigenvalue weighted by molar-refractivity contribution is 1.25. The van der Waals surface area contributed by atoms with Crippen molar-refractivity contribution in [2.45, 2.75) is 6.92 Å². The molecule has 0 aliphatic heterocycles. The Morgan fingerprint density at radius 3 is 2.57 bits per heavy atom. The monoisotopic (exact) mass is 292 g/mol. The lowest BCUT2D eigenvalue weighted by Gasteiger charge is -2.06. The van der Waals surface area contributed by atoms with Gasteiger partial charge in [0.05, 0.1) is 0 Å². The molecule has 3 rings (SSSR count). The predicted molar refractivity (Wildman–Crippen MR) is 84.5 cm³/mol. The Morgan fingerprint density at radius 1 is 1.10 bits per heavy atom. The molecule has 0 spiro atoms. The summed E-state index contributed by atoms with van der Waals surface area (Å²) in [5, 5.41) is 15.1. The summed E-state index contributed by atoms with van der Waals surface area (Å²) >= 11 is 1.64. The fourth-order valence-corrected chi connectivity index (χ4v) is 2.70. The molecule has 0 saturated carbocycles. The van der Waals surface area contributed by atoms with Crippen molar-refractivity contribution in [1.29, 1.82) is 5.26 Å². The second-order valence-electron chi connectivity index (χ2n) is 4.52. The zero-order valence-corrected chi connectivity index (χ0v) is 12.2. The van der Waals surface area contributed by atoms with E-state index in [1.165, 1.54) is 0 Å². The van der Waals surface area contributed by atoms with Crippen LogP contribution in [-0.2, 0) is 0 Å². The summed E-state index contributed by atoms with van der Waals surface area (Å²) < 4.78 is 0. The first-order valence-corrected chi connectivity index (χ1v) is 7.29. The minimum atomic E-state index is 0.398. The normalized spacial score (nSPS) is 10.1. The molecule has 5 heteroatoms. The second kappa shape index (κ2) is 5.73. The Bertz CT molecular complexity index is 800. The third-order valence-corrected chi connectivity index (χ3v) is 3.90. The third-order valence-electron chi connectivity index (χ3n) is 2.89. The van der Waals surface area contributed by atoms with Gasteiger partial charge >= 0.3 is 0 Å². The summed E-state index contributed by atoms with van der Waals surface area (Å²) in [7, 11) is 0. The van der Waals surface area contributed by atoms with Gasteiger partial charge in [-0.25, -0.2) is 9.97 Å². The molecule has 21 heavy (non-hydrogen) atoms. The van der Waals surface area contributed by atoms with Crippen LogP contribution in [0.1, 0.15) is 11.4 Å². The quantitative estimate of drug-likeness (QED) is 0.788. The number of aromatic nitrogens is 2. The number of nitrogens with zero attached hydrogens (tertiary/aromatic N) is 3. The van der Waals surface area contributed by atoms with E-state index < -0.39 is 0 Å². The van der Waals surface area contributed by atoms with Crippen LogP contribution in [0.4, 0.5) is 11.5 Å². The number of aryl methyl sites for hydroxylation is 1. The number of hydrogen-bond acceptors (Lipinski definition) is 5. The van der Waals surface area contributed by atoms with E-state index in [4.69, 9.17) is 5.26 Å². The Labute approximate surface area is 126 Å². The molecule has 0 atom stereocenters. The number of rotatable bonds is 3. The van der Waals surface area contributed by atoms with Gasteiger partial charge in [0, 0.05) is 22.3 Å².